The van der Waals surface area contributed by atoms with Gasteiger partial charge in [-0.15, -0.1) is 0 Å². The third-order valence-corrected chi connectivity index (χ3v) is 4.10. The molecule has 0 saturated heterocycles. The van der Waals surface area contributed by atoms with Crippen molar-refractivity contribution in [2.24, 2.45) is 5.41 Å². The first-order chi connectivity index (χ1) is 7.56. The number of carboxylic acid groups (broad SMARTS) is 1. The molecule has 0 aliphatic heterocycles. The molecule has 0 unspecified atom stereocenters. The second-order valence-electron chi connectivity index (χ2n) is 5.25. The molecule has 1 aromatic carbocycles. The van der Waals surface area contributed by atoms with Gasteiger partial charge in [0.25, 0.3) is 0 Å². The molecule has 1 aromatic rings. The molecule has 2 aliphatic carbocycles. The van der Waals surface area contributed by atoms with Crippen molar-refractivity contribution < 1.29 is 14.3 Å². The van der Waals surface area contributed by atoms with Crippen molar-refractivity contribution in [3.63, 3.8) is 0 Å². The van der Waals surface area contributed by atoms with Crippen LogP contribution in [0.15, 0.2) is 24.3 Å². The molecule has 2 aliphatic rings. The zero-order valence-electron chi connectivity index (χ0n) is 8.87. The lowest BCUT2D eigenvalue weighted by molar-refractivity contribution is -0.150. The van der Waals surface area contributed by atoms with E-state index >= 15 is 0 Å². The lowest BCUT2D eigenvalue weighted by Crippen LogP contribution is -2.49. The smallest absolute Gasteiger partial charge is 0.314 e. The minimum atomic E-state index is -0.821. The average molecular weight is 220 g/mol. The Hall–Kier alpha value is -1.38. The molecule has 0 heterocycles. The number of rotatable bonds is 2. The summed E-state index contributed by atoms with van der Waals surface area (Å²) >= 11 is 0. The van der Waals surface area contributed by atoms with Gasteiger partial charge in [-0.05, 0) is 48.8 Å². The Balaban J connectivity index is 1.98. The van der Waals surface area contributed by atoms with Gasteiger partial charge in [0, 0.05) is 0 Å². The molecule has 1 spiro atoms. The molecular formula is C13H13FO2. The first kappa shape index (κ1) is 9.82. The van der Waals surface area contributed by atoms with Crippen LogP contribution in [0.4, 0.5) is 4.39 Å². The molecule has 0 aromatic heterocycles. The van der Waals surface area contributed by atoms with E-state index in [2.05, 4.69) is 0 Å². The van der Waals surface area contributed by atoms with Gasteiger partial charge < -0.3 is 5.11 Å². The summed E-state index contributed by atoms with van der Waals surface area (Å²) in [5.74, 6) is -1.16. The second kappa shape index (κ2) is 2.84. The van der Waals surface area contributed by atoms with Crippen molar-refractivity contribution in [3.05, 3.63) is 35.6 Å². The van der Waals surface area contributed by atoms with E-state index in [9.17, 15) is 14.3 Å². The number of aliphatic carboxylic acids is 1. The van der Waals surface area contributed by atoms with Gasteiger partial charge in [0.2, 0.25) is 0 Å². The van der Waals surface area contributed by atoms with Crippen molar-refractivity contribution in [2.75, 3.05) is 0 Å². The summed E-state index contributed by atoms with van der Waals surface area (Å²) in [5.41, 5.74) is 0.0843. The lowest BCUT2D eigenvalue weighted by atomic mass is 9.56. The highest BCUT2D eigenvalue weighted by molar-refractivity contribution is 5.83. The quantitative estimate of drug-likeness (QED) is 0.832. The van der Waals surface area contributed by atoms with Crippen molar-refractivity contribution in [1.82, 2.24) is 0 Å². The molecule has 0 bridgehead atoms. The molecule has 0 atom stereocenters. The fraction of sp³-hybridized carbons (Fsp3) is 0.462. The molecule has 0 amide bonds. The number of hydrogen-bond acceptors (Lipinski definition) is 1. The van der Waals surface area contributed by atoms with Gasteiger partial charge in [-0.25, -0.2) is 4.39 Å². The molecule has 3 heteroatoms. The molecular weight excluding hydrogens is 207 g/mol. The van der Waals surface area contributed by atoms with Gasteiger partial charge in [-0.2, -0.15) is 0 Å². The predicted molar refractivity (Wildman–Crippen MR) is 56.6 cm³/mol. The van der Waals surface area contributed by atoms with Crippen LogP contribution in [0.25, 0.3) is 0 Å². The Morgan fingerprint density at radius 2 is 2.00 bits per heavy atom. The van der Waals surface area contributed by atoms with Gasteiger partial charge in [0.05, 0.1) is 5.41 Å². The summed E-state index contributed by atoms with van der Waals surface area (Å²) in [7, 11) is 0. The van der Waals surface area contributed by atoms with Crippen LogP contribution in [0, 0.1) is 11.2 Å². The van der Waals surface area contributed by atoms with Crippen LogP contribution in [0.1, 0.15) is 31.2 Å². The van der Waals surface area contributed by atoms with Crippen molar-refractivity contribution in [2.45, 2.75) is 31.1 Å². The Kier molecular flexibility index (Phi) is 1.74. The maximum absolute atomic E-state index is 13.1. The van der Waals surface area contributed by atoms with Crippen LogP contribution in [-0.2, 0) is 10.2 Å². The highest BCUT2D eigenvalue weighted by Crippen LogP contribution is 2.68. The minimum Gasteiger partial charge on any atom is -0.481 e. The van der Waals surface area contributed by atoms with Crippen LogP contribution >= 0.6 is 0 Å². The van der Waals surface area contributed by atoms with Crippen LogP contribution in [0.2, 0.25) is 0 Å². The molecule has 84 valence electrons. The SMILES string of the molecule is O=C(O)C1(c2cccc(F)c2)CC2(CC2)C1. The fourth-order valence-corrected chi connectivity index (χ4v) is 3.02. The minimum absolute atomic E-state index is 0.282. The van der Waals surface area contributed by atoms with E-state index in [1.165, 1.54) is 12.1 Å². The first-order valence-corrected chi connectivity index (χ1v) is 5.56. The third-order valence-electron chi connectivity index (χ3n) is 4.10. The summed E-state index contributed by atoms with van der Waals surface area (Å²) in [6, 6.07) is 6.04. The highest BCUT2D eigenvalue weighted by atomic mass is 19.1. The summed E-state index contributed by atoms with van der Waals surface area (Å²) in [6.07, 6.45) is 3.63. The Labute approximate surface area is 93.1 Å². The predicted octanol–water partition coefficient (Wildman–Crippen LogP) is 2.72. The van der Waals surface area contributed by atoms with E-state index < -0.39 is 11.4 Å². The first-order valence-electron chi connectivity index (χ1n) is 5.56. The van der Waals surface area contributed by atoms with E-state index in [0.29, 0.717) is 18.4 Å². The number of halogens is 1. The lowest BCUT2D eigenvalue weighted by Gasteiger charge is -2.45. The highest BCUT2D eigenvalue weighted by Gasteiger charge is 2.65. The summed E-state index contributed by atoms with van der Waals surface area (Å²) < 4.78 is 13.1. The standard InChI is InChI=1S/C13H13FO2/c14-10-3-1-2-9(6-10)13(11(15)16)7-12(8-13)4-5-12/h1-3,6H,4-5,7-8H2,(H,15,16). The average Bonchev–Trinajstić information content (AvgIpc) is 2.93. The van der Waals surface area contributed by atoms with Crippen molar-refractivity contribution in [3.8, 4) is 0 Å². The Morgan fingerprint density at radius 3 is 2.50 bits per heavy atom. The van der Waals surface area contributed by atoms with E-state index in [1.54, 1.807) is 12.1 Å². The Morgan fingerprint density at radius 1 is 1.31 bits per heavy atom. The largest absolute Gasteiger partial charge is 0.481 e. The monoisotopic (exact) mass is 220 g/mol. The van der Waals surface area contributed by atoms with Gasteiger partial charge in [0.15, 0.2) is 0 Å². The molecule has 2 saturated carbocycles. The topological polar surface area (TPSA) is 37.3 Å². The Bertz CT molecular complexity index is 455. The van der Waals surface area contributed by atoms with Crippen LogP contribution in [0.3, 0.4) is 0 Å². The molecule has 2 nitrogen and oxygen atoms in total. The van der Waals surface area contributed by atoms with E-state index in [0.717, 1.165) is 12.8 Å². The van der Waals surface area contributed by atoms with Crippen LogP contribution < -0.4 is 0 Å². The van der Waals surface area contributed by atoms with Crippen molar-refractivity contribution in [1.29, 1.82) is 0 Å². The summed E-state index contributed by atoms with van der Waals surface area (Å²) in [6.45, 7) is 0. The maximum atomic E-state index is 13.1. The molecule has 16 heavy (non-hydrogen) atoms. The normalized spacial score (nSPS) is 23.8. The fourth-order valence-electron chi connectivity index (χ4n) is 3.02. The summed E-state index contributed by atoms with van der Waals surface area (Å²) in [4.78, 5) is 11.4. The van der Waals surface area contributed by atoms with Crippen LogP contribution in [-0.4, -0.2) is 11.1 Å². The molecule has 1 N–H and O–H groups in total. The molecule has 3 rings (SSSR count). The van der Waals surface area contributed by atoms with Crippen molar-refractivity contribution >= 4 is 5.97 Å². The zero-order valence-corrected chi connectivity index (χ0v) is 8.87. The van der Waals surface area contributed by atoms with Crippen LogP contribution in [0.5, 0.6) is 0 Å². The number of benzene rings is 1. The number of carbonyl (C=O) groups is 1. The number of carboxylic acids is 1. The van der Waals surface area contributed by atoms with Gasteiger partial charge in [-0.3, -0.25) is 4.79 Å². The van der Waals surface area contributed by atoms with Gasteiger partial charge in [0.1, 0.15) is 5.82 Å². The van der Waals surface area contributed by atoms with E-state index in [-0.39, 0.29) is 11.2 Å². The van der Waals surface area contributed by atoms with Gasteiger partial charge in [-0.1, -0.05) is 12.1 Å². The second-order valence-corrected chi connectivity index (χ2v) is 5.25. The van der Waals surface area contributed by atoms with E-state index in [4.69, 9.17) is 0 Å². The number of hydrogen-bond donors (Lipinski definition) is 1. The summed E-state index contributed by atoms with van der Waals surface area (Å²) in [5, 5.41) is 9.37. The maximum Gasteiger partial charge on any atom is 0.314 e. The molecule has 2 fully saturated rings. The van der Waals surface area contributed by atoms with E-state index in [1.807, 2.05) is 0 Å². The zero-order chi connectivity index (χ0) is 11.4. The third kappa shape index (κ3) is 1.20. The van der Waals surface area contributed by atoms with Gasteiger partial charge >= 0.3 is 5.97 Å². The molecule has 0 radical (unpaired) electrons.